The smallest absolute Gasteiger partial charge is 0.355 e. The van der Waals surface area contributed by atoms with Crippen LogP contribution in [0, 0.1) is 0 Å². The van der Waals surface area contributed by atoms with Gasteiger partial charge in [-0.3, -0.25) is 0 Å². The zero-order valence-corrected chi connectivity index (χ0v) is 16.4. The molecule has 1 aliphatic heterocycles. The van der Waals surface area contributed by atoms with E-state index in [-0.39, 0.29) is 0 Å². The Bertz CT molecular complexity index is 786. The van der Waals surface area contributed by atoms with E-state index < -0.39 is 7.82 Å². The van der Waals surface area contributed by atoms with Crippen LogP contribution in [0.1, 0.15) is 29.9 Å². The minimum atomic E-state index is -4.64. The first-order chi connectivity index (χ1) is 12.1. The first-order valence-corrected chi connectivity index (χ1v) is 10.2. The van der Waals surface area contributed by atoms with E-state index in [1.807, 2.05) is 6.07 Å². The van der Waals surface area contributed by atoms with Gasteiger partial charge in [-0.15, -0.1) is 0 Å². The van der Waals surface area contributed by atoms with Crippen molar-refractivity contribution in [3.05, 3.63) is 58.6 Å². The van der Waals surface area contributed by atoms with Gasteiger partial charge in [0.2, 0.25) is 0 Å². The van der Waals surface area contributed by atoms with E-state index in [4.69, 9.17) is 30.8 Å². The van der Waals surface area contributed by atoms with Gasteiger partial charge in [0.05, 0.1) is 0 Å². The van der Waals surface area contributed by atoms with E-state index in [2.05, 4.69) is 60.7 Å². The monoisotopic (exact) mass is 398 g/mol. The maximum atomic E-state index is 8.88. The number of benzene rings is 2. The molecule has 0 aliphatic carbocycles. The quantitative estimate of drug-likeness (QED) is 0.583. The van der Waals surface area contributed by atoms with Crippen LogP contribution in [0.15, 0.2) is 42.5 Å². The molecule has 2 aromatic carbocycles. The molecule has 1 aliphatic rings. The molecule has 0 amide bonds. The maximum Gasteiger partial charge on any atom is 0.466 e. The van der Waals surface area contributed by atoms with Gasteiger partial charge >= 0.3 is 7.82 Å². The van der Waals surface area contributed by atoms with Gasteiger partial charge in [-0.05, 0) is 68.9 Å². The molecule has 2 aromatic rings. The average Bonchev–Trinajstić information content (AvgIpc) is 2.53. The highest BCUT2D eigenvalue weighted by molar-refractivity contribution is 7.45. The fourth-order valence-corrected chi connectivity index (χ4v) is 3.27. The lowest BCUT2D eigenvalue weighted by Gasteiger charge is -2.30. The van der Waals surface area contributed by atoms with Gasteiger partial charge in [0.1, 0.15) is 0 Å². The van der Waals surface area contributed by atoms with E-state index in [0.717, 1.165) is 18.0 Å². The second kappa shape index (κ2) is 9.00. The molecular formula is C18H24ClN2O4P. The van der Waals surface area contributed by atoms with E-state index >= 15 is 0 Å². The fourth-order valence-electron chi connectivity index (χ4n) is 3.09. The van der Waals surface area contributed by atoms with Gasteiger partial charge in [0.15, 0.2) is 0 Å². The molecule has 4 N–H and O–H groups in total. The molecule has 8 heteroatoms. The standard InChI is InChI=1S/C18H21ClN2.H3O4P/c1-21(2)11-5-7-14-15-6-3-4-8-17(15)20-18-10-9-13(19)12-16(14)18;1-5(2,3)4/h3-4,6,8-10,12,14,20H,5,7,11H2,1-2H3;(H3,1,2,3,4)/t14-;/m0./s1. The Hall–Kier alpha value is -1.40. The van der Waals surface area contributed by atoms with Crippen molar-refractivity contribution >= 4 is 30.8 Å². The van der Waals surface area contributed by atoms with Crippen LogP contribution < -0.4 is 5.32 Å². The lowest BCUT2D eigenvalue weighted by atomic mass is 9.83. The summed E-state index contributed by atoms with van der Waals surface area (Å²) < 4.78 is 8.88. The molecule has 6 nitrogen and oxygen atoms in total. The van der Waals surface area contributed by atoms with Crippen LogP contribution in [0.25, 0.3) is 0 Å². The van der Waals surface area contributed by atoms with Gasteiger partial charge in [-0.1, -0.05) is 29.8 Å². The normalized spacial score (nSPS) is 15.4. The highest BCUT2D eigenvalue weighted by atomic mass is 35.5. The minimum Gasteiger partial charge on any atom is -0.355 e. The Morgan fingerprint density at radius 2 is 1.69 bits per heavy atom. The Kier molecular flexibility index (Phi) is 7.24. The SMILES string of the molecule is CN(C)CCC[C@H]1c2ccccc2Nc2ccc(Cl)cc21.O=P(O)(O)O. The lowest BCUT2D eigenvalue weighted by Crippen LogP contribution is -2.17. The van der Waals surface area contributed by atoms with Crippen molar-refractivity contribution in [1.29, 1.82) is 0 Å². The van der Waals surface area contributed by atoms with Crippen LogP contribution in [-0.2, 0) is 4.57 Å². The van der Waals surface area contributed by atoms with E-state index in [1.165, 1.54) is 28.9 Å². The third kappa shape index (κ3) is 6.40. The molecule has 3 rings (SSSR count). The summed E-state index contributed by atoms with van der Waals surface area (Å²) in [5.41, 5.74) is 5.11. The summed E-state index contributed by atoms with van der Waals surface area (Å²) in [5.74, 6) is 0.427. The largest absolute Gasteiger partial charge is 0.466 e. The highest BCUT2D eigenvalue weighted by Gasteiger charge is 2.25. The zero-order chi connectivity index (χ0) is 19.3. The van der Waals surface area contributed by atoms with E-state index in [1.54, 1.807) is 0 Å². The van der Waals surface area contributed by atoms with Crippen molar-refractivity contribution in [3.8, 4) is 0 Å². The van der Waals surface area contributed by atoms with Gasteiger partial charge in [0, 0.05) is 22.3 Å². The third-order valence-corrected chi connectivity index (χ3v) is 4.33. The summed E-state index contributed by atoms with van der Waals surface area (Å²) in [5, 5.41) is 4.34. The summed E-state index contributed by atoms with van der Waals surface area (Å²) in [4.78, 5) is 23.8. The Morgan fingerprint density at radius 3 is 2.35 bits per heavy atom. The number of para-hydroxylation sites is 1. The number of hydrogen-bond acceptors (Lipinski definition) is 3. The van der Waals surface area contributed by atoms with Crippen molar-refractivity contribution in [2.45, 2.75) is 18.8 Å². The number of anilines is 2. The molecule has 0 bridgehead atoms. The van der Waals surface area contributed by atoms with E-state index in [0.29, 0.717) is 5.92 Å². The fraction of sp³-hybridized carbons (Fsp3) is 0.333. The molecule has 0 unspecified atom stereocenters. The highest BCUT2D eigenvalue weighted by Crippen LogP contribution is 2.44. The molecule has 0 fully saturated rings. The van der Waals surface area contributed by atoms with Crippen molar-refractivity contribution in [3.63, 3.8) is 0 Å². The average molecular weight is 399 g/mol. The summed E-state index contributed by atoms with van der Waals surface area (Å²) in [6.45, 7) is 1.11. The molecule has 1 heterocycles. The minimum absolute atomic E-state index is 0.427. The lowest BCUT2D eigenvalue weighted by molar-refractivity contribution is 0.275. The molecular weight excluding hydrogens is 375 g/mol. The molecule has 0 aromatic heterocycles. The zero-order valence-electron chi connectivity index (χ0n) is 14.8. The van der Waals surface area contributed by atoms with Crippen LogP contribution in [0.3, 0.4) is 0 Å². The summed E-state index contributed by atoms with van der Waals surface area (Å²) in [7, 11) is -0.387. The van der Waals surface area contributed by atoms with Crippen molar-refractivity contribution in [2.24, 2.45) is 0 Å². The molecule has 0 saturated heterocycles. The number of nitrogens with one attached hydrogen (secondary N) is 1. The number of fused-ring (bicyclic) bond motifs is 2. The number of halogens is 1. The predicted molar refractivity (Wildman–Crippen MR) is 105 cm³/mol. The van der Waals surface area contributed by atoms with Crippen LogP contribution in [0.2, 0.25) is 5.02 Å². The van der Waals surface area contributed by atoms with Crippen LogP contribution >= 0.6 is 19.4 Å². The molecule has 1 atom stereocenters. The number of nitrogens with zero attached hydrogens (tertiary/aromatic N) is 1. The van der Waals surface area contributed by atoms with Crippen molar-refractivity contribution < 1.29 is 19.2 Å². The van der Waals surface area contributed by atoms with Gasteiger partial charge in [-0.25, -0.2) is 4.57 Å². The number of rotatable bonds is 4. The van der Waals surface area contributed by atoms with Gasteiger partial charge < -0.3 is 24.9 Å². The second-order valence-electron chi connectivity index (χ2n) is 6.46. The predicted octanol–water partition coefficient (Wildman–Crippen LogP) is 3.94. The summed E-state index contributed by atoms with van der Waals surface area (Å²) >= 11 is 6.22. The Morgan fingerprint density at radius 1 is 1.08 bits per heavy atom. The van der Waals surface area contributed by atoms with Crippen molar-refractivity contribution in [2.75, 3.05) is 26.0 Å². The van der Waals surface area contributed by atoms with Crippen LogP contribution in [0.5, 0.6) is 0 Å². The third-order valence-electron chi connectivity index (χ3n) is 4.09. The molecule has 142 valence electrons. The van der Waals surface area contributed by atoms with Crippen molar-refractivity contribution in [1.82, 2.24) is 4.90 Å². The summed E-state index contributed by atoms with van der Waals surface area (Å²) in [6, 6.07) is 14.8. The summed E-state index contributed by atoms with van der Waals surface area (Å²) in [6.07, 6.45) is 2.32. The van der Waals surface area contributed by atoms with Gasteiger partial charge in [0.25, 0.3) is 0 Å². The van der Waals surface area contributed by atoms with Crippen LogP contribution in [0.4, 0.5) is 11.4 Å². The molecule has 0 radical (unpaired) electrons. The topological polar surface area (TPSA) is 93.0 Å². The number of hydrogen-bond donors (Lipinski definition) is 4. The molecule has 26 heavy (non-hydrogen) atoms. The number of phosphoric acid groups is 1. The first kappa shape index (κ1) is 20.9. The van der Waals surface area contributed by atoms with E-state index in [9.17, 15) is 0 Å². The molecule has 0 spiro atoms. The second-order valence-corrected chi connectivity index (χ2v) is 7.92. The first-order valence-electron chi connectivity index (χ1n) is 8.23. The van der Waals surface area contributed by atoms with Crippen LogP contribution in [-0.4, -0.2) is 40.2 Å². The van der Waals surface area contributed by atoms with Gasteiger partial charge in [-0.2, -0.15) is 0 Å². The Balaban J connectivity index is 0.000000431. The maximum absolute atomic E-state index is 8.88. The molecule has 0 saturated carbocycles. The Labute approximate surface area is 158 Å².